The van der Waals surface area contributed by atoms with Gasteiger partial charge in [-0.05, 0) is 6.92 Å². The molecule has 0 fully saturated rings. The fraction of sp³-hybridized carbons (Fsp3) is 0.727. The van der Waals surface area contributed by atoms with Gasteiger partial charge >= 0.3 is 5.97 Å². The molecule has 0 saturated carbocycles. The van der Waals surface area contributed by atoms with E-state index in [2.05, 4.69) is 12.6 Å². The Labute approximate surface area is 107 Å². The predicted octanol–water partition coefficient (Wildman–Crippen LogP) is 0.430. The maximum Gasteiger partial charge on any atom is 0.313 e. The molecule has 0 heterocycles. The van der Waals surface area contributed by atoms with Crippen LogP contribution in [0.5, 0.6) is 0 Å². The highest BCUT2D eigenvalue weighted by molar-refractivity contribution is 7.96. The number of ether oxygens (including phenoxy) is 1. The summed E-state index contributed by atoms with van der Waals surface area (Å²) in [7, 11) is 5.78. The number of hydrogen-bond acceptors (Lipinski definition) is 4. The third-order valence-corrected chi connectivity index (χ3v) is 2.03. The summed E-state index contributed by atoms with van der Waals surface area (Å²) in [6.07, 6.45) is -0.733. The lowest BCUT2D eigenvalue weighted by Gasteiger charge is -2.28. The van der Waals surface area contributed by atoms with E-state index in [9.17, 15) is 14.4 Å². The van der Waals surface area contributed by atoms with E-state index in [-0.39, 0.29) is 23.7 Å². The number of ketones is 1. The molecule has 0 aromatic carbocycles. The lowest BCUT2D eigenvalue weighted by molar-refractivity contribution is -0.873. The third-order valence-electron chi connectivity index (χ3n) is 1.85. The van der Waals surface area contributed by atoms with E-state index in [1.165, 1.54) is 6.92 Å². The average Bonchev–Trinajstić information content (AvgIpc) is 1.95. The Bertz CT molecular complexity index is 309. The van der Waals surface area contributed by atoms with E-state index in [4.69, 9.17) is 4.74 Å². The van der Waals surface area contributed by atoms with E-state index in [1.807, 2.05) is 21.1 Å². The first-order valence-electron chi connectivity index (χ1n) is 5.31. The van der Waals surface area contributed by atoms with Gasteiger partial charge in [-0.1, -0.05) is 0 Å². The highest BCUT2D eigenvalue weighted by atomic mass is 32.1. The quantitative estimate of drug-likeness (QED) is 0.313. The second-order valence-electron chi connectivity index (χ2n) is 5.06. The van der Waals surface area contributed by atoms with Gasteiger partial charge in [-0.15, -0.1) is 12.6 Å². The Morgan fingerprint density at radius 2 is 1.76 bits per heavy atom. The number of carbonyl (C=O) groups excluding carboxylic acids is 3. The van der Waals surface area contributed by atoms with Gasteiger partial charge in [-0.25, -0.2) is 0 Å². The van der Waals surface area contributed by atoms with Crippen LogP contribution >= 0.6 is 12.6 Å². The molecule has 0 bridgehead atoms. The van der Waals surface area contributed by atoms with Gasteiger partial charge in [0, 0.05) is 0 Å². The van der Waals surface area contributed by atoms with Crippen molar-refractivity contribution in [2.75, 3.05) is 27.7 Å². The molecule has 1 atom stereocenters. The first-order valence-corrected chi connectivity index (χ1v) is 5.76. The number of nitrogens with zero attached hydrogens (tertiary/aromatic N) is 1. The minimum absolute atomic E-state index is 0.0578. The van der Waals surface area contributed by atoms with E-state index in [0.717, 1.165) is 0 Å². The Hall–Kier alpha value is -0.880. The van der Waals surface area contributed by atoms with Crippen LogP contribution in [0, 0.1) is 0 Å². The molecule has 17 heavy (non-hydrogen) atoms. The molecule has 6 heteroatoms. The van der Waals surface area contributed by atoms with Gasteiger partial charge in [0.2, 0.25) is 0 Å². The smallest absolute Gasteiger partial charge is 0.313 e. The van der Waals surface area contributed by atoms with Crippen LogP contribution in [-0.2, 0) is 19.1 Å². The molecule has 5 nitrogen and oxygen atoms in total. The van der Waals surface area contributed by atoms with Gasteiger partial charge in [0.25, 0.3) is 0 Å². The number of hydrogen-bond donors (Lipinski definition) is 1. The van der Waals surface area contributed by atoms with Crippen LogP contribution in [0.15, 0.2) is 0 Å². The van der Waals surface area contributed by atoms with Crippen molar-refractivity contribution in [1.82, 2.24) is 0 Å². The van der Waals surface area contributed by atoms with Gasteiger partial charge in [0.05, 0.1) is 27.6 Å². The molecule has 0 aliphatic heterocycles. The molecule has 0 radical (unpaired) electrons. The molecule has 0 N–H and O–H groups in total. The van der Waals surface area contributed by atoms with Crippen LogP contribution in [0.2, 0.25) is 0 Å². The summed E-state index contributed by atoms with van der Waals surface area (Å²) in [6, 6.07) is 0. The van der Waals surface area contributed by atoms with Crippen molar-refractivity contribution in [1.29, 1.82) is 0 Å². The Morgan fingerprint density at radius 1 is 1.24 bits per heavy atom. The zero-order chi connectivity index (χ0) is 13.6. The van der Waals surface area contributed by atoms with Crippen LogP contribution in [0.25, 0.3) is 0 Å². The molecule has 0 saturated heterocycles. The van der Waals surface area contributed by atoms with Crippen molar-refractivity contribution >= 4 is 29.5 Å². The summed E-state index contributed by atoms with van der Waals surface area (Å²) >= 11 is 3.68. The van der Waals surface area contributed by atoms with Gasteiger partial charge in [0.15, 0.2) is 11.2 Å². The number of quaternary nitrogens is 1. The summed E-state index contributed by atoms with van der Waals surface area (Å²) in [4.78, 5) is 33.0. The van der Waals surface area contributed by atoms with Crippen molar-refractivity contribution in [3.05, 3.63) is 0 Å². The molecular weight excluding hydrogens is 242 g/mol. The van der Waals surface area contributed by atoms with Crippen molar-refractivity contribution in [2.24, 2.45) is 0 Å². The fourth-order valence-electron chi connectivity index (χ4n) is 1.38. The second kappa shape index (κ2) is 6.76. The number of thiol groups is 1. The monoisotopic (exact) mass is 262 g/mol. The van der Waals surface area contributed by atoms with Gasteiger partial charge < -0.3 is 9.22 Å². The maximum absolute atomic E-state index is 11.3. The number of likely N-dealkylation sites (N-methyl/N-ethyl adjacent to an activating group) is 1. The van der Waals surface area contributed by atoms with Crippen molar-refractivity contribution in [3.8, 4) is 0 Å². The van der Waals surface area contributed by atoms with E-state index in [0.29, 0.717) is 11.0 Å². The predicted molar refractivity (Wildman–Crippen MR) is 66.7 cm³/mol. The Balaban J connectivity index is 4.43. The molecule has 0 amide bonds. The van der Waals surface area contributed by atoms with E-state index in [1.54, 1.807) is 0 Å². The Morgan fingerprint density at radius 3 is 2.12 bits per heavy atom. The molecular formula is C11H20NO4S+. The maximum atomic E-state index is 11.3. The SMILES string of the molecule is CC(=O)CC(=O)OC(CC(=O)S)C[N+](C)(C)C. The summed E-state index contributed by atoms with van der Waals surface area (Å²) in [6.45, 7) is 1.82. The molecule has 0 aliphatic rings. The summed E-state index contributed by atoms with van der Waals surface area (Å²) in [5.74, 6) is -0.846. The minimum Gasteiger partial charge on any atom is -0.456 e. The lowest BCUT2D eigenvalue weighted by atomic mass is 10.2. The molecule has 0 aliphatic carbocycles. The minimum atomic E-state index is -0.592. The average molecular weight is 262 g/mol. The van der Waals surface area contributed by atoms with Crippen molar-refractivity contribution in [2.45, 2.75) is 25.9 Å². The normalized spacial score (nSPS) is 13.0. The number of rotatable bonds is 7. The van der Waals surface area contributed by atoms with Gasteiger partial charge in [0.1, 0.15) is 18.7 Å². The van der Waals surface area contributed by atoms with Crippen molar-refractivity contribution in [3.63, 3.8) is 0 Å². The molecule has 0 rings (SSSR count). The highest BCUT2D eigenvalue weighted by Crippen LogP contribution is 2.08. The standard InChI is InChI=1S/C11H19NO4S/c1-8(13)5-10(14)16-9(6-11(15)17)7-12(2,3)4/h9H,5-7H2,1-4H3/p+1. The second-order valence-corrected chi connectivity index (χ2v) is 5.56. The summed E-state index contributed by atoms with van der Waals surface area (Å²) < 4.78 is 5.66. The van der Waals surface area contributed by atoms with Crippen LogP contribution in [0.3, 0.4) is 0 Å². The summed E-state index contributed by atoms with van der Waals surface area (Å²) in [5, 5.41) is -0.334. The molecule has 98 valence electrons. The number of carbonyl (C=O) groups is 3. The topological polar surface area (TPSA) is 60.4 Å². The molecule has 0 aromatic rings. The Kier molecular flexibility index (Phi) is 6.41. The molecule has 1 unspecified atom stereocenters. The van der Waals surface area contributed by atoms with Crippen LogP contribution in [-0.4, -0.2) is 55.1 Å². The highest BCUT2D eigenvalue weighted by Gasteiger charge is 2.24. The number of esters is 1. The van der Waals surface area contributed by atoms with Crippen LogP contribution in [0.1, 0.15) is 19.8 Å². The fourth-order valence-corrected chi connectivity index (χ4v) is 1.58. The zero-order valence-corrected chi connectivity index (χ0v) is 11.6. The molecule has 0 aromatic heterocycles. The van der Waals surface area contributed by atoms with E-state index >= 15 is 0 Å². The van der Waals surface area contributed by atoms with Gasteiger partial charge in [-0.3, -0.25) is 14.4 Å². The third kappa shape index (κ3) is 10.0. The lowest BCUT2D eigenvalue weighted by Crippen LogP contribution is -2.43. The molecule has 0 spiro atoms. The van der Waals surface area contributed by atoms with Crippen molar-refractivity contribution < 1.29 is 23.6 Å². The zero-order valence-electron chi connectivity index (χ0n) is 10.7. The van der Waals surface area contributed by atoms with Crippen LogP contribution < -0.4 is 0 Å². The van der Waals surface area contributed by atoms with E-state index < -0.39 is 12.1 Å². The van der Waals surface area contributed by atoms with Gasteiger partial charge in [-0.2, -0.15) is 0 Å². The first kappa shape index (κ1) is 16.1. The first-order chi connectivity index (χ1) is 7.60. The summed E-state index contributed by atoms with van der Waals surface area (Å²) in [5.41, 5.74) is 0. The number of Topliss-reactive ketones (excluding diaryl/α,β-unsaturated/α-hetero) is 1. The largest absolute Gasteiger partial charge is 0.456 e. The van der Waals surface area contributed by atoms with Crippen LogP contribution in [0.4, 0.5) is 0 Å².